The predicted molar refractivity (Wildman–Crippen MR) is 98.9 cm³/mol. The average Bonchev–Trinajstić information content (AvgIpc) is 3.33. The first-order valence-electron chi connectivity index (χ1n) is 8.84. The molecule has 6 nitrogen and oxygen atoms in total. The summed E-state index contributed by atoms with van der Waals surface area (Å²) >= 11 is 0. The maximum Gasteiger partial charge on any atom is 0.231 e. The third-order valence-corrected chi connectivity index (χ3v) is 4.87. The highest BCUT2D eigenvalue weighted by molar-refractivity contribution is 5.96. The molecule has 1 aliphatic rings. The SMILES string of the molecule is COc1cc(F)cc(CC2CCN(c3ncc(-c4cn[nH]c4)cc3F)C2=O)c1. The number of pyridine rings is 1. The van der Waals surface area contributed by atoms with Crippen LogP contribution in [0.3, 0.4) is 0 Å². The van der Waals surface area contributed by atoms with Crippen molar-refractivity contribution < 1.29 is 18.3 Å². The van der Waals surface area contributed by atoms with Crippen molar-refractivity contribution in [2.45, 2.75) is 12.8 Å². The molecular formula is C20H18F2N4O2. The number of amides is 1. The molecule has 28 heavy (non-hydrogen) atoms. The quantitative estimate of drug-likeness (QED) is 0.732. The Bertz CT molecular complexity index is 1010. The molecule has 1 unspecified atom stereocenters. The van der Waals surface area contributed by atoms with Crippen LogP contribution >= 0.6 is 0 Å². The van der Waals surface area contributed by atoms with E-state index < -0.39 is 11.6 Å². The minimum atomic E-state index is -0.569. The second kappa shape index (κ2) is 7.38. The Labute approximate surface area is 160 Å². The molecule has 1 saturated heterocycles. The Balaban J connectivity index is 1.52. The number of halogens is 2. The van der Waals surface area contributed by atoms with Gasteiger partial charge in [-0.25, -0.2) is 13.8 Å². The number of aromatic nitrogens is 3. The normalized spacial score (nSPS) is 16.6. The minimum absolute atomic E-state index is 0.0107. The number of aromatic amines is 1. The second-order valence-corrected chi connectivity index (χ2v) is 6.70. The van der Waals surface area contributed by atoms with Crippen molar-refractivity contribution in [2.75, 3.05) is 18.6 Å². The van der Waals surface area contributed by atoms with Crippen LogP contribution in [0, 0.1) is 17.6 Å². The lowest BCUT2D eigenvalue weighted by Gasteiger charge is -2.17. The molecule has 1 N–H and O–H groups in total. The molecule has 1 fully saturated rings. The molecule has 0 spiro atoms. The van der Waals surface area contributed by atoms with Gasteiger partial charge in [0.1, 0.15) is 11.6 Å². The fraction of sp³-hybridized carbons (Fsp3) is 0.250. The smallest absolute Gasteiger partial charge is 0.231 e. The van der Waals surface area contributed by atoms with E-state index in [0.717, 1.165) is 0 Å². The molecule has 0 radical (unpaired) electrons. The Morgan fingerprint density at radius 2 is 2.07 bits per heavy atom. The molecule has 0 aliphatic carbocycles. The van der Waals surface area contributed by atoms with Gasteiger partial charge in [0, 0.05) is 42.0 Å². The zero-order valence-electron chi connectivity index (χ0n) is 15.2. The maximum absolute atomic E-state index is 14.6. The summed E-state index contributed by atoms with van der Waals surface area (Å²) in [6.07, 6.45) is 5.63. The number of hydrogen-bond acceptors (Lipinski definition) is 4. The van der Waals surface area contributed by atoms with Crippen molar-refractivity contribution in [3.8, 4) is 16.9 Å². The van der Waals surface area contributed by atoms with Gasteiger partial charge in [-0.3, -0.25) is 14.8 Å². The highest BCUT2D eigenvalue weighted by Gasteiger charge is 2.34. The summed E-state index contributed by atoms with van der Waals surface area (Å²) in [4.78, 5) is 18.3. The molecule has 3 aromatic rings. The second-order valence-electron chi connectivity index (χ2n) is 6.70. The first-order chi connectivity index (χ1) is 13.5. The Kier molecular flexibility index (Phi) is 4.77. The number of carbonyl (C=O) groups excluding carboxylic acids is 1. The first-order valence-corrected chi connectivity index (χ1v) is 8.84. The summed E-state index contributed by atoms with van der Waals surface area (Å²) in [6.45, 7) is 0.366. The highest BCUT2D eigenvalue weighted by atomic mass is 19.1. The van der Waals surface area contributed by atoms with Crippen LogP contribution in [0.5, 0.6) is 5.75 Å². The number of methoxy groups -OCH3 is 1. The van der Waals surface area contributed by atoms with Crippen LogP contribution in [0.1, 0.15) is 12.0 Å². The number of anilines is 1. The van der Waals surface area contributed by atoms with Crippen molar-refractivity contribution in [3.63, 3.8) is 0 Å². The van der Waals surface area contributed by atoms with Crippen LogP contribution in [-0.4, -0.2) is 34.7 Å². The number of nitrogens with one attached hydrogen (secondary N) is 1. The van der Waals surface area contributed by atoms with E-state index in [4.69, 9.17) is 4.74 Å². The average molecular weight is 384 g/mol. The van der Waals surface area contributed by atoms with E-state index in [2.05, 4.69) is 15.2 Å². The molecule has 1 aliphatic heterocycles. The molecule has 1 aromatic carbocycles. The van der Waals surface area contributed by atoms with Gasteiger partial charge in [0.25, 0.3) is 0 Å². The highest BCUT2D eigenvalue weighted by Crippen LogP contribution is 2.30. The van der Waals surface area contributed by atoms with Crippen LogP contribution in [-0.2, 0) is 11.2 Å². The molecule has 2 aromatic heterocycles. The van der Waals surface area contributed by atoms with Crippen LogP contribution in [0.2, 0.25) is 0 Å². The first kappa shape index (κ1) is 18.1. The van der Waals surface area contributed by atoms with Crippen molar-refractivity contribution in [3.05, 3.63) is 60.1 Å². The van der Waals surface area contributed by atoms with E-state index in [1.165, 1.54) is 36.4 Å². The van der Waals surface area contributed by atoms with Gasteiger partial charge in [-0.15, -0.1) is 0 Å². The summed E-state index contributed by atoms with van der Waals surface area (Å²) in [5.41, 5.74) is 1.95. The van der Waals surface area contributed by atoms with Gasteiger partial charge in [-0.1, -0.05) is 0 Å². The molecule has 1 atom stereocenters. The monoisotopic (exact) mass is 384 g/mol. The Morgan fingerprint density at radius 3 is 2.79 bits per heavy atom. The number of rotatable bonds is 5. The molecule has 144 valence electrons. The summed E-state index contributed by atoms with van der Waals surface area (Å²) in [6, 6.07) is 5.72. The predicted octanol–water partition coefficient (Wildman–Crippen LogP) is 3.35. The van der Waals surface area contributed by atoms with Crippen LogP contribution in [0.15, 0.2) is 42.9 Å². The lowest BCUT2D eigenvalue weighted by molar-refractivity contribution is -0.120. The number of carbonyl (C=O) groups is 1. The summed E-state index contributed by atoms with van der Waals surface area (Å²) in [5.74, 6) is -1.15. The van der Waals surface area contributed by atoms with Gasteiger partial charge < -0.3 is 4.74 Å². The van der Waals surface area contributed by atoms with E-state index in [1.807, 2.05) is 0 Å². The number of benzene rings is 1. The number of nitrogens with zero attached hydrogens (tertiary/aromatic N) is 3. The van der Waals surface area contributed by atoms with Crippen molar-refractivity contribution in [2.24, 2.45) is 5.92 Å². The van der Waals surface area contributed by atoms with E-state index in [-0.39, 0.29) is 17.6 Å². The molecule has 0 bridgehead atoms. The molecule has 0 saturated carbocycles. The van der Waals surface area contributed by atoms with Gasteiger partial charge in [0.2, 0.25) is 5.91 Å². The van der Waals surface area contributed by atoms with Gasteiger partial charge >= 0.3 is 0 Å². The number of hydrogen-bond donors (Lipinski definition) is 1. The molecule has 1 amide bonds. The summed E-state index contributed by atoms with van der Waals surface area (Å²) < 4.78 is 33.4. The molecule has 3 heterocycles. The molecule has 4 rings (SSSR count). The summed E-state index contributed by atoms with van der Waals surface area (Å²) in [7, 11) is 1.46. The van der Waals surface area contributed by atoms with E-state index in [0.29, 0.717) is 41.8 Å². The van der Waals surface area contributed by atoms with Gasteiger partial charge in [-0.2, -0.15) is 5.10 Å². The van der Waals surface area contributed by atoms with Crippen LogP contribution in [0.25, 0.3) is 11.1 Å². The topological polar surface area (TPSA) is 71.1 Å². The zero-order valence-corrected chi connectivity index (χ0v) is 15.2. The Hall–Kier alpha value is -3.29. The van der Waals surface area contributed by atoms with Gasteiger partial charge in [0.05, 0.1) is 13.3 Å². The summed E-state index contributed by atoms with van der Waals surface area (Å²) in [5, 5.41) is 6.50. The molecule has 8 heteroatoms. The Morgan fingerprint density at radius 1 is 1.21 bits per heavy atom. The van der Waals surface area contributed by atoms with Crippen molar-refractivity contribution in [1.29, 1.82) is 0 Å². The van der Waals surface area contributed by atoms with E-state index in [9.17, 15) is 13.6 Å². The van der Waals surface area contributed by atoms with Crippen molar-refractivity contribution >= 4 is 11.7 Å². The van der Waals surface area contributed by atoms with Crippen LogP contribution in [0.4, 0.5) is 14.6 Å². The minimum Gasteiger partial charge on any atom is -0.497 e. The molecular weight excluding hydrogens is 366 g/mol. The number of H-pyrrole nitrogens is 1. The fourth-order valence-electron chi connectivity index (χ4n) is 3.48. The zero-order chi connectivity index (χ0) is 19.7. The van der Waals surface area contributed by atoms with Gasteiger partial charge in [0.15, 0.2) is 11.6 Å². The van der Waals surface area contributed by atoms with E-state index in [1.54, 1.807) is 18.5 Å². The fourth-order valence-corrected chi connectivity index (χ4v) is 3.48. The maximum atomic E-state index is 14.6. The third-order valence-electron chi connectivity index (χ3n) is 4.87. The van der Waals surface area contributed by atoms with Gasteiger partial charge in [-0.05, 0) is 36.6 Å². The lowest BCUT2D eigenvalue weighted by Crippen LogP contribution is -2.29. The standard InChI is InChI=1S/C20H18F2N4O2/c1-28-17-6-12(5-16(21)8-17)4-13-2-3-26(20(13)27)19-18(22)7-14(9-23-19)15-10-24-25-11-15/h5-11,13H,2-4H2,1H3,(H,24,25). The largest absolute Gasteiger partial charge is 0.497 e. The van der Waals surface area contributed by atoms with E-state index >= 15 is 0 Å². The van der Waals surface area contributed by atoms with Crippen molar-refractivity contribution in [1.82, 2.24) is 15.2 Å². The number of ether oxygens (including phenoxy) is 1. The lowest BCUT2D eigenvalue weighted by atomic mass is 9.98. The van der Waals surface area contributed by atoms with Crippen LogP contribution < -0.4 is 9.64 Å². The third kappa shape index (κ3) is 3.45.